The SMILES string of the molecule is c1ccc(-c2nc(-c3cccc(-n4c5ccccc5c5ccc6oc7ccccc7c6c54)c3)nc3sc4ccccc4c23)cc1. The molecule has 6 aromatic carbocycles. The number of rotatable bonds is 3. The summed E-state index contributed by atoms with van der Waals surface area (Å²) >= 11 is 1.72. The van der Waals surface area contributed by atoms with Gasteiger partial charge in [-0.1, -0.05) is 97.1 Å². The minimum absolute atomic E-state index is 0.717. The van der Waals surface area contributed by atoms with Crippen LogP contribution in [0, 0.1) is 0 Å². The van der Waals surface area contributed by atoms with Crippen LogP contribution in [-0.2, 0) is 0 Å². The van der Waals surface area contributed by atoms with Crippen LogP contribution < -0.4 is 0 Å². The van der Waals surface area contributed by atoms with Crippen LogP contribution in [0.3, 0.4) is 0 Å². The molecule has 4 nitrogen and oxygen atoms in total. The second-order valence-corrected chi connectivity index (χ2v) is 12.4. The maximum atomic E-state index is 6.33. The molecule has 0 saturated heterocycles. The zero-order chi connectivity index (χ0) is 29.5. The molecule has 0 amide bonds. The van der Waals surface area contributed by atoms with E-state index in [0.29, 0.717) is 0 Å². The zero-order valence-electron chi connectivity index (χ0n) is 23.9. The number of benzene rings is 6. The second kappa shape index (κ2) is 9.36. The van der Waals surface area contributed by atoms with Crippen LogP contribution in [0.1, 0.15) is 0 Å². The lowest BCUT2D eigenvalue weighted by molar-refractivity contribution is 0.669. The molecule has 0 bridgehead atoms. The summed E-state index contributed by atoms with van der Waals surface area (Å²) in [5.41, 5.74) is 8.13. The summed E-state index contributed by atoms with van der Waals surface area (Å²) in [4.78, 5) is 11.4. The minimum atomic E-state index is 0.717. The van der Waals surface area contributed by atoms with Crippen molar-refractivity contribution in [1.82, 2.24) is 14.5 Å². The first-order valence-electron chi connectivity index (χ1n) is 15.0. The van der Waals surface area contributed by atoms with Crippen molar-refractivity contribution in [3.8, 4) is 28.3 Å². The summed E-state index contributed by atoms with van der Waals surface area (Å²) in [7, 11) is 0. The molecule has 0 aliphatic carbocycles. The van der Waals surface area contributed by atoms with Gasteiger partial charge in [0, 0.05) is 48.4 Å². The molecule has 45 heavy (non-hydrogen) atoms. The van der Waals surface area contributed by atoms with Crippen molar-refractivity contribution in [2.24, 2.45) is 0 Å². The summed E-state index contributed by atoms with van der Waals surface area (Å²) in [5.74, 6) is 0.717. The monoisotopic (exact) mass is 593 g/mol. The first-order chi connectivity index (χ1) is 22.3. The molecular formula is C40H23N3OS. The van der Waals surface area contributed by atoms with Gasteiger partial charge in [-0.15, -0.1) is 11.3 Å². The molecule has 0 unspecified atom stereocenters. The Labute approximate surface area is 261 Å². The number of thiophene rings is 1. The molecule has 210 valence electrons. The van der Waals surface area contributed by atoms with E-state index in [1.165, 1.54) is 20.9 Å². The van der Waals surface area contributed by atoms with E-state index in [9.17, 15) is 0 Å². The highest BCUT2D eigenvalue weighted by atomic mass is 32.1. The molecular weight excluding hydrogens is 571 g/mol. The Hall–Kier alpha value is -5.78. The van der Waals surface area contributed by atoms with E-state index in [-0.39, 0.29) is 0 Å². The van der Waals surface area contributed by atoms with E-state index >= 15 is 0 Å². The largest absolute Gasteiger partial charge is 0.456 e. The fourth-order valence-electron chi connectivity index (χ4n) is 6.87. The summed E-state index contributed by atoms with van der Waals surface area (Å²) in [6.45, 7) is 0. The quantitative estimate of drug-likeness (QED) is 0.205. The van der Waals surface area contributed by atoms with Crippen LogP contribution in [0.5, 0.6) is 0 Å². The average molecular weight is 594 g/mol. The number of furan rings is 1. The van der Waals surface area contributed by atoms with Gasteiger partial charge in [0.1, 0.15) is 16.0 Å². The van der Waals surface area contributed by atoms with E-state index in [0.717, 1.165) is 71.5 Å². The number of nitrogens with zero attached hydrogens (tertiary/aromatic N) is 3. The Morgan fingerprint density at radius 2 is 1.29 bits per heavy atom. The summed E-state index contributed by atoms with van der Waals surface area (Å²) in [6.07, 6.45) is 0. The Kier molecular flexibility index (Phi) is 5.12. The molecule has 0 aliphatic heterocycles. The molecule has 4 aromatic heterocycles. The van der Waals surface area contributed by atoms with Gasteiger partial charge in [-0.25, -0.2) is 9.97 Å². The lowest BCUT2D eigenvalue weighted by Gasteiger charge is -2.11. The van der Waals surface area contributed by atoms with Gasteiger partial charge in [0.25, 0.3) is 0 Å². The Balaban J connectivity index is 1.26. The molecule has 0 fully saturated rings. The van der Waals surface area contributed by atoms with Gasteiger partial charge in [-0.2, -0.15) is 0 Å². The average Bonchev–Trinajstić information content (AvgIpc) is 3.77. The number of aromatic nitrogens is 3. The molecule has 0 radical (unpaired) electrons. The van der Waals surface area contributed by atoms with Crippen LogP contribution in [0.15, 0.2) is 144 Å². The van der Waals surface area contributed by atoms with Crippen LogP contribution in [-0.4, -0.2) is 14.5 Å². The van der Waals surface area contributed by atoms with E-state index in [1.807, 2.05) is 18.2 Å². The number of fused-ring (bicyclic) bond motifs is 10. The molecule has 4 heterocycles. The number of hydrogen-bond acceptors (Lipinski definition) is 4. The van der Waals surface area contributed by atoms with E-state index in [1.54, 1.807) is 11.3 Å². The predicted molar refractivity (Wildman–Crippen MR) is 187 cm³/mol. The smallest absolute Gasteiger partial charge is 0.161 e. The first-order valence-corrected chi connectivity index (χ1v) is 15.8. The number of para-hydroxylation sites is 2. The van der Waals surface area contributed by atoms with Gasteiger partial charge in [0.15, 0.2) is 5.82 Å². The van der Waals surface area contributed by atoms with Gasteiger partial charge >= 0.3 is 0 Å². The van der Waals surface area contributed by atoms with Gasteiger partial charge in [-0.05, 0) is 42.5 Å². The molecule has 0 spiro atoms. The summed E-state index contributed by atoms with van der Waals surface area (Å²) < 4.78 is 9.91. The van der Waals surface area contributed by atoms with Crippen molar-refractivity contribution in [1.29, 1.82) is 0 Å². The maximum absolute atomic E-state index is 6.33. The van der Waals surface area contributed by atoms with Crippen molar-refractivity contribution < 1.29 is 4.42 Å². The summed E-state index contributed by atoms with van der Waals surface area (Å²) in [5, 5.41) is 6.95. The van der Waals surface area contributed by atoms with Crippen LogP contribution in [0.4, 0.5) is 0 Å². The lowest BCUT2D eigenvalue weighted by Crippen LogP contribution is -1.97. The first kappa shape index (κ1) is 24.6. The highest BCUT2D eigenvalue weighted by Crippen LogP contribution is 2.42. The summed E-state index contributed by atoms with van der Waals surface area (Å²) in [6, 6.07) is 48.8. The van der Waals surface area contributed by atoms with Gasteiger partial charge in [0.2, 0.25) is 0 Å². The van der Waals surface area contributed by atoms with E-state index in [4.69, 9.17) is 14.4 Å². The van der Waals surface area contributed by atoms with Crippen molar-refractivity contribution in [3.05, 3.63) is 140 Å². The third kappa shape index (κ3) is 3.59. The fourth-order valence-corrected chi connectivity index (χ4v) is 7.95. The van der Waals surface area contributed by atoms with Crippen molar-refractivity contribution in [2.45, 2.75) is 0 Å². The highest BCUT2D eigenvalue weighted by Gasteiger charge is 2.20. The topological polar surface area (TPSA) is 43.9 Å². The number of hydrogen-bond donors (Lipinski definition) is 0. The Morgan fingerprint density at radius 1 is 0.533 bits per heavy atom. The Morgan fingerprint density at radius 3 is 2.20 bits per heavy atom. The van der Waals surface area contributed by atoms with Crippen molar-refractivity contribution in [3.63, 3.8) is 0 Å². The Bertz CT molecular complexity index is 2770. The lowest BCUT2D eigenvalue weighted by atomic mass is 10.1. The molecule has 10 rings (SSSR count). The fraction of sp³-hybridized carbons (Fsp3) is 0. The van der Waals surface area contributed by atoms with Crippen molar-refractivity contribution in [2.75, 3.05) is 0 Å². The van der Waals surface area contributed by atoms with E-state index < -0.39 is 0 Å². The molecule has 5 heteroatoms. The highest BCUT2D eigenvalue weighted by molar-refractivity contribution is 7.25. The third-order valence-corrected chi connectivity index (χ3v) is 9.89. The normalized spacial score (nSPS) is 12.0. The maximum Gasteiger partial charge on any atom is 0.161 e. The zero-order valence-corrected chi connectivity index (χ0v) is 24.8. The second-order valence-electron chi connectivity index (χ2n) is 11.4. The van der Waals surface area contributed by atoms with E-state index in [2.05, 4.69) is 126 Å². The molecule has 10 aromatic rings. The molecule has 0 aliphatic rings. The van der Waals surface area contributed by atoms with Crippen molar-refractivity contribution >= 4 is 75.4 Å². The predicted octanol–water partition coefficient (Wildman–Crippen LogP) is 11.2. The van der Waals surface area contributed by atoms with Gasteiger partial charge in [0.05, 0.1) is 22.1 Å². The third-order valence-electron chi connectivity index (χ3n) is 8.82. The minimum Gasteiger partial charge on any atom is -0.456 e. The molecule has 0 atom stereocenters. The standard InChI is InChI=1S/C40H23N3OS/c1-2-11-24(12-3-1)37-36-30-17-6-9-20-34(30)45-40(36)42-39(41-37)25-13-10-14-26(23-25)43-31-18-7-4-15-27(31)28-21-22-33-35(38(28)43)29-16-5-8-19-32(29)44-33/h1-23H. The molecule has 0 N–H and O–H groups in total. The van der Waals surface area contributed by atoms with Gasteiger partial charge < -0.3 is 8.98 Å². The van der Waals surface area contributed by atoms with Crippen LogP contribution in [0.2, 0.25) is 0 Å². The van der Waals surface area contributed by atoms with Gasteiger partial charge in [-0.3, -0.25) is 0 Å². The molecule has 0 saturated carbocycles. The van der Waals surface area contributed by atoms with Crippen LogP contribution in [0.25, 0.3) is 92.4 Å². The van der Waals surface area contributed by atoms with Crippen LogP contribution >= 0.6 is 11.3 Å².